The number of anilines is 1. The van der Waals surface area contributed by atoms with E-state index in [1.54, 1.807) is 0 Å². The Balaban J connectivity index is 1.81. The van der Waals surface area contributed by atoms with Crippen molar-refractivity contribution in [1.29, 1.82) is 0 Å². The van der Waals surface area contributed by atoms with Crippen LogP contribution in [0.5, 0.6) is 0 Å². The average molecular weight is 454 g/mol. The molecule has 180 valence electrons. The predicted molar refractivity (Wildman–Crippen MR) is 133 cm³/mol. The molecule has 0 radical (unpaired) electrons. The first kappa shape index (κ1) is 25.0. The minimum absolute atomic E-state index is 0.0357. The number of hydrogen-bond acceptors (Lipinski definition) is 3. The van der Waals surface area contributed by atoms with Gasteiger partial charge in [-0.15, -0.1) is 0 Å². The zero-order chi connectivity index (χ0) is 24.3. The topological polar surface area (TPSA) is 94.2 Å². The molecule has 0 saturated heterocycles. The van der Waals surface area contributed by atoms with E-state index in [1.165, 1.54) is 0 Å². The lowest BCUT2D eigenvalue weighted by Gasteiger charge is -2.33. The van der Waals surface area contributed by atoms with Crippen LogP contribution in [0, 0.1) is 19.3 Å². The molecule has 6 nitrogen and oxygen atoms in total. The van der Waals surface area contributed by atoms with Gasteiger partial charge in [0, 0.05) is 16.9 Å². The van der Waals surface area contributed by atoms with Gasteiger partial charge in [-0.2, -0.15) is 0 Å². The molecule has 2 atom stereocenters. The number of aliphatic hydroxyl groups excluding tert-OH is 1. The lowest BCUT2D eigenvalue weighted by atomic mass is 9.75. The van der Waals surface area contributed by atoms with Crippen molar-refractivity contribution in [2.75, 3.05) is 5.32 Å². The van der Waals surface area contributed by atoms with Gasteiger partial charge in [-0.25, -0.2) is 0 Å². The number of carbonyl (C=O) groups excluding carboxylic acids is 2. The maximum absolute atomic E-state index is 13.2. The van der Waals surface area contributed by atoms with Crippen molar-refractivity contribution in [3.63, 3.8) is 0 Å². The number of carbonyl (C=O) groups is 2. The van der Waals surface area contributed by atoms with E-state index in [2.05, 4.69) is 49.4 Å². The number of fused-ring (bicyclic) bond motifs is 1. The molecule has 3 rings (SSSR count). The van der Waals surface area contributed by atoms with E-state index in [1.807, 2.05) is 26.0 Å². The minimum Gasteiger partial charge on any atom is -0.388 e. The van der Waals surface area contributed by atoms with E-state index < -0.39 is 12.1 Å². The van der Waals surface area contributed by atoms with Crippen LogP contribution in [-0.4, -0.2) is 27.9 Å². The Morgan fingerprint density at radius 3 is 2.64 bits per heavy atom. The molecule has 0 saturated carbocycles. The summed E-state index contributed by atoms with van der Waals surface area (Å²) < 4.78 is 0. The summed E-state index contributed by atoms with van der Waals surface area (Å²) in [6.07, 6.45) is 4.00. The van der Waals surface area contributed by atoms with Gasteiger partial charge in [0.25, 0.3) is 5.91 Å². The second-order valence-electron chi connectivity index (χ2n) is 10.2. The van der Waals surface area contributed by atoms with Gasteiger partial charge in [0.15, 0.2) is 0 Å². The summed E-state index contributed by atoms with van der Waals surface area (Å²) >= 11 is 0. The molecule has 2 unspecified atom stereocenters. The smallest absolute Gasteiger partial charge is 0.268 e. The summed E-state index contributed by atoms with van der Waals surface area (Å²) in [5.41, 5.74) is 5.95. The molecule has 1 aliphatic rings. The lowest BCUT2D eigenvalue weighted by molar-refractivity contribution is -0.118. The second-order valence-corrected chi connectivity index (χ2v) is 10.2. The molecule has 1 aromatic carbocycles. The van der Waals surface area contributed by atoms with Crippen molar-refractivity contribution in [2.45, 2.75) is 92.2 Å². The van der Waals surface area contributed by atoms with Crippen LogP contribution in [-0.2, 0) is 17.6 Å². The molecular weight excluding hydrogens is 414 g/mol. The van der Waals surface area contributed by atoms with Gasteiger partial charge in [-0.3, -0.25) is 9.59 Å². The Bertz CT molecular complexity index is 1020. The van der Waals surface area contributed by atoms with Crippen molar-refractivity contribution in [2.24, 2.45) is 5.41 Å². The summed E-state index contributed by atoms with van der Waals surface area (Å²) in [6.45, 7) is 12.3. The molecule has 0 bridgehead atoms. The van der Waals surface area contributed by atoms with Crippen LogP contribution >= 0.6 is 0 Å². The quantitative estimate of drug-likeness (QED) is 0.446. The highest BCUT2D eigenvalue weighted by Crippen LogP contribution is 2.42. The Morgan fingerprint density at radius 2 is 1.97 bits per heavy atom. The molecule has 0 aliphatic heterocycles. The average Bonchev–Trinajstić information content (AvgIpc) is 3.07. The van der Waals surface area contributed by atoms with Crippen LogP contribution in [0.3, 0.4) is 0 Å². The maximum atomic E-state index is 13.2. The van der Waals surface area contributed by atoms with Crippen LogP contribution in [0.2, 0.25) is 0 Å². The normalized spacial score (nSPS) is 17.8. The number of nitrogens with one attached hydrogen (secondary N) is 3. The molecule has 4 N–H and O–H groups in total. The number of rotatable bonds is 8. The second kappa shape index (κ2) is 10.1. The zero-order valence-corrected chi connectivity index (χ0v) is 20.9. The first-order valence-electron chi connectivity index (χ1n) is 12.2. The number of unbranched alkanes of at least 4 members (excludes halogenated alkanes) is 1. The van der Waals surface area contributed by atoms with E-state index in [9.17, 15) is 14.7 Å². The van der Waals surface area contributed by atoms with E-state index >= 15 is 0 Å². The Kier molecular flexibility index (Phi) is 7.68. The van der Waals surface area contributed by atoms with Crippen LogP contribution in [0.25, 0.3) is 0 Å². The molecule has 1 heterocycles. The monoisotopic (exact) mass is 453 g/mol. The summed E-state index contributed by atoms with van der Waals surface area (Å²) in [5.74, 6) is -0.506. The fourth-order valence-electron chi connectivity index (χ4n) is 4.93. The number of benzene rings is 1. The first-order valence-corrected chi connectivity index (χ1v) is 12.2. The van der Waals surface area contributed by atoms with Crippen LogP contribution in [0.1, 0.15) is 97.9 Å². The first-order chi connectivity index (χ1) is 15.6. The largest absolute Gasteiger partial charge is 0.388 e. The SMILES string of the molecule is CCCCC(NC(=O)c1[nH]c2c(c1C)C(O)CC(C)(C)C2)C(=O)Nc1ccc(C)cc1CC. The van der Waals surface area contributed by atoms with Crippen molar-refractivity contribution in [3.8, 4) is 0 Å². The fourth-order valence-corrected chi connectivity index (χ4v) is 4.93. The van der Waals surface area contributed by atoms with E-state index in [0.717, 1.165) is 59.3 Å². The van der Waals surface area contributed by atoms with Gasteiger partial charge in [0.2, 0.25) is 5.91 Å². The number of H-pyrrole nitrogens is 1. The van der Waals surface area contributed by atoms with Crippen molar-refractivity contribution >= 4 is 17.5 Å². The van der Waals surface area contributed by atoms with Crippen LogP contribution in [0.4, 0.5) is 5.69 Å². The minimum atomic E-state index is -0.635. The van der Waals surface area contributed by atoms with Gasteiger partial charge in [-0.1, -0.05) is 58.2 Å². The van der Waals surface area contributed by atoms with E-state index in [0.29, 0.717) is 18.5 Å². The number of aromatic amines is 1. The molecule has 2 aromatic rings. The maximum Gasteiger partial charge on any atom is 0.268 e. The highest BCUT2D eigenvalue weighted by Gasteiger charge is 2.36. The van der Waals surface area contributed by atoms with E-state index in [-0.39, 0.29) is 17.2 Å². The predicted octanol–water partition coefficient (Wildman–Crippen LogP) is 5.13. The van der Waals surface area contributed by atoms with Crippen molar-refractivity contribution in [3.05, 3.63) is 51.8 Å². The fraction of sp³-hybridized carbons (Fsp3) is 0.556. The van der Waals surface area contributed by atoms with Crippen molar-refractivity contribution in [1.82, 2.24) is 10.3 Å². The third kappa shape index (κ3) is 5.67. The molecule has 33 heavy (non-hydrogen) atoms. The number of amides is 2. The number of aliphatic hydroxyl groups is 1. The highest BCUT2D eigenvalue weighted by molar-refractivity contribution is 6.01. The molecule has 0 spiro atoms. The van der Waals surface area contributed by atoms with Crippen LogP contribution in [0.15, 0.2) is 18.2 Å². The third-order valence-corrected chi connectivity index (χ3v) is 6.71. The molecule has 0 fully saturated rings. The zero-order valence-electron chi connectivity index (χ0n) is 20.9. The molecule has 1 aliphatic carbocycles. The molecular formula is C27H39N3O3. The van der Waals surface area contributed by atoms with Gasteiger partial charge in [-0.05, 0) is 62.1 Å². The van der Waals surface area contributed by atoms with Gasteiger partial charge in [0.05, 0.1) is 6.10 Å². The van der Waals surface area contributed by atoms with E-state index in [4.69, 9.17) is 0 Å². The Hall–Kier alpha value is -2.60. The lowest BCUT2D eigenvalue weighted by Crippen LogP contribution is -2.44. The van der Waals surface area contributed by atoms with Gasteiger partial charge < -0.3 is 20.7 Å². The van der Waals surface area contributed by atoms with Crippen LogP contribution < -0.4 is 10.6 Å². The number of hydrogen-bond donors (Lipinski definition) is 4. The standard InChI is InChI=1S/C27H39N3O3/c1-7-9-10-20(25(32)29-19-12-11-16(3)13-18(19)8-2)30-26(33)24-17(4)23-21(28-24)14-27(5,6)15-22(23)31/h11-13,20,22,28,31H,7-10,14-15H2,1-6H3,(H,29,32)(H,30,33). The Labute approximate surface area is 197 Å². The summed E-state index contributed by atoms with van der Waals surface area (Å²) in [4.78, 5) is 29.7. The number of aromatic nitrogens is 1. The molecule has 6 heteroatoms. The molecule has 2 amide bonds. The van der Waals surface area contributed by atoms with Crippen molar-refractivity contribution < 1.29 is 14.7 Å². The van der Waals surface area contributed by atoms with Gasteiger partial charge >= 0.3 is 0 Å². The Morgan fingerprint density at radius 1 is 1.24 bits per heavy atom. The van der Waals surface area contributed by atoms with Gasteiger partial charge in [0.1, 0.15) is 11.7 Å². The number of aryl methyl sites for hydroxylation is 2. The summed E-state index contributed by atoms with van der Waals surface area (Å²) in [7, 11) is 0. The molecule has 1 aromatic heterocycles. The summed E-state index contributed by atoms with van der Waals surface area (Å²) in [5, 5.41) is 16.7. The third-order valence-electron chi connectivity index (χ3n) is 6.71. The summed E-state index contributed by atoms with van der Waals surface area (Å²) in [6, 6.07) is 5.35. The highest BCUT2D eigenvalue weighted by atomic mass is 16.3.